The number of alkyl carbamates (subject to hydrolysis) is 1. The molecule has 1 aliphatic carbocycles. The highest BCUT2D eigenvalue weighted by Gasteiger charge is 2.41. The van der Waals surface area contributed by atoms with E-state index in [9.17, 15) is 9.59 Å². The van der Waals surface area contributed by atoms with Gasteiger partial charge in [0, 0.05) is 17.2 Å². The van der Waals surface area contributed by atoms with Gasteiger partial charge in [0.2, 0.25) is 5.56 Å². The van der Waals surface area contributed by atoms with Crippen LogP contribution in [0.15, 0.2) is 77.6 Å². The minimum absolute atomic E-state index is 0.154. The first-order chi connectivity index (χ1) is 16.7. The first-order valence-corrected chi connectivity index (χ1v) is 11.9. The zero-order valence-electron chi connectivity index (χ0n) is 20.2. The van der Waals surface area contributed by atoms with Crippen molar-refractivity contribution >= 4 is 17.1 Å². The van der Waals surface area contributed by atoms with Crippen LogP contribution in [-0.2, 0) is 10.3 Å². The van der Waals surface area contributed by atoms with Crippen LogP contribution in [0.1, 0.15) is 45.6 Å². The van der Waals surface area contributed by atoms with Crippen LogP contribution in [-0.4, -0.2) is 21.7 Å². The molecule has 2 heterocycles. The Labute approximate surface area is 204 Å². The van der Waals surface area contributed by atoms with Crippen LogP contribution in [0.4, 0.5) is 4.79 Å². The molecular formula is C29H29N3O3. The fourth-order valence-corrected chi connectivity index (χ4v) is 4.60. The van der Waals surface area contributed by atoms with Crippen molar-refractivity contribution in [2.75, 3.05) is 0 Å². The number of H-pyrrole nitrogens is 1. The third-order valence-corrected chi connectivity index (χ3v) is 6.45. The number of aromatic nitrogens is 2. The molecule has 2 N–H and O–H groups in total. The van der Waals surface area contributed by atoms with Crippen molar-refractivity contribution in [1.82, 2.24) is 15.3 Å². The first-order valence-electron chi connectivity index (χ1n) is 11.9. The fourth-order valence-electron chi connectivity index (χ4n) is 4.60. The van der Waals surface area contributed by atoms with E-state index in [0.717, 1.165) is 52.7 Å². The Morgan fingerprint density at radius 2 is 1.69 bits per heavy atom. The lowest BCUT2D eigenvalue weighted by Crippen LogP contribution is -2.52. The van der Waals surface area contributed by atoms with Crippen LogP contribution in [0.25, 0.3) is 33.4 Å². The van der Waals surface area contributed by atoms with Crippen LogP contribution >= 0.6 is 0 Å². The van der Waals surface area contributed by atoms with Crippen LogP contribution in [0, 0.1) is 0 Å². The van der Waals surface area contributed by atoms with Crippen molar-refractivity contribution in [2.24, 2.45) is 0 Å². The Kier molecular flexibility index (Phi) is 5.67. The van der Waals surface area contributed by atoms with Gasteiger partial charge < -0.3 is 15.0 Å². The van der Waals surface area contributed by atoms with Gasteiger partial charge in [-0.05, 0) is 63.3 Å². The van der Waals surface area contributed by atoms with Gasteiger partial charge in [0.25, 0.3) is 0 Å². The molecular weight excluding hydrogens is 438 g/mol. The van der Waals surface area contributed by atoms with Crippen molar-refractivity contribution in [3.8, 4) is 22.4 Å². The summed E-state index contributed by atoms with van der Waals surface area (Å²) in [5, 5.41) is 3.12. The lowest BCUT2D eigenvalue weighted by atomic mass is 9.71. The van der Waals surface area contributed by atoms with E-state index in [2.05, 4.69) is 34.6 Å². The maximum Gasteiger partial charge on any atom is 0.408 e. The van der Waals surface area contributed by atoms with E-state index in [1.165, 1.54) is 6.07 Å². The average Bonchev–Trinajstić information content (AvgIpc) is 2.80. The third kappa shape index (κ3) is 4.69. The summed E-state index contributed by atoms with van der Waals surface area (Å²) in [6.07, 6.45) is 2.42. The number of nitrogens with one attached hydrogen (secondary N) is 2. The van der Waals surface area contributed by atoms with E-state index in [-0.39, 0.29) is 5.56 Å². The first kappa shape index (κ1) is 22.8. The van der Waals surface area contributed by atoms with Crippen molar-refractivity contribution in [3.63, 3.8) is 0 Å². The molecule has 1 aliphatic rings. The molecule has 1 saturated carbocycles. The summed E-state index contributed by atoms with van der Waals surface area (Å²) in [4.78, 5) is 32.2. The molecule has 0 atom stereocenters. The summed E-state index contributed by atoms with van der Waals surface area (Å²) in [6, 6.07) is 23.5. The third-order valence-electron chi connectivity index (χ3n) is 6.45. The number of nitrogens with zero attached hydrogens (tertiary/aromatic N) is 1. The van der Waals surface area contributed by atoms with Crippen molar-refractivity contribution in [1.29, 1.82) is 0 Å². The zero-order valence-corrected chi connectivity index (χ0v) is 20.2. The molecule has 0 radical (unpaired) electrons. The van der Waals surface area contributed by atoms with Gasteiger partial charge in [0.05, 0.1) is 22.3 Å². The van der Waals surface area contributed by atoms with Crippen molar-refractivity contribution < 1.29 is 9.53 Å². The second-order valence-electron chi connectivity index (χ2n) is 10.1. The number of amides is 1. The number of aromatic amines is 1. The predicted octanol–water partition coefficient (Wildman–Crippen LogP) is 6.16. The molecule has 1 amide bonds. The SMILES string of the molecule is CC(C)(C)OC(=O)NC1(c2ccc(-c3nc4ccc(=O)[nH]c4cc3-c3ccccc3)cc2)CCC1. The molecule has 5 rings (SSSR count). The lowest BCUT2D eigenvalue weighted by molar-refractivity contribution is 0.0377. The fraction of sp³-hybridized carbons (Fsp3) is 0.276. The molecule has 0 bridgehead atoms. The molecule has 1 fully saturated rings. The van der Waals surface area contributed by atoms with Crippen LogP contribution in [0.3, 0.4) is 0 Å². The molecule has 0 saturated heterocycles. The molecule has 35 heavy (non-hydrogen) atoms. The molecule has 0 spiro atoms. The second kappa shape index (κ2) is 8.69. The van der Waals surface area contributed by atoms with Gasteiger partial charge in [-0.2, -0.15) is 0 Å². The zero-order chi connectivity index (χ0) is 24.6. The Hall–Kier alpha value is -3.93. The van der Waals surface area contributed by atoms with Gasteiger partial charge in [-0.25, -0.2) is 9.78 Å². The quantitative estimate of drug-likeness (QED) is 0.376. The molecule has 6 nitrogen and oxygen atoms in total. The van der Waals surface area contributed by atoms with Gasteiger partial charge in [-0.3, -0.25) is 4.79 Å². The predicted molar refractivity (Wildman–Crippen MR) is 138 cm³/mol. The topological polar surface area (TPSA) is 84.1 Å². The standard InChI is InChI=1S/C29H29N3O3/c1-28(2,3)35-27(34)32-29(16-7-17-29)21-12-10-20(11-13-21)26-22(19-8-5-4-6-9-19)18-24-23(31-26)14-15-25(33)30-24/h4-6,8-15,18H,7,16-17H2,1-3H3,(H,30,33)(H,32,34). The molecule has 6 heteroatoms. The van der Waals surface area contributed by atoms with Crippen molar-refractivity contribution in [2.45, 2.75) is 51.2 Å². The van der Waals surface area contributed by atoms with E-state index >= 15 is 0 Å². The van der Waals surface area contributed by atoms with E-state index < -0.39 is 17.2 Å². The van der Waals surface area contributed by atoms with E-state index in [0.29, 0.717) is 5.52 Å². The molecule has 4 aromatic rings. The lowest BCUT2D eigenvalue weighted by Gasteiger charge is -2.43. The molecule has 0 aliphatic heterocycles. The maximum atomic E-state index is 12.5. The molecule has 0 unspecified atom stereocenters. The summed E-state index contributed by atoms with van der Waals surface area (Å²) in [5.41, 5.74) is 5.15. The molecule has 2 aromatic carbocycles. The Morgan fingerprint density at radius 3 is 2.31 bits per heavy atom. The second-order valence-corrected chi connectivity index (χ2v) is 10.1. The van der Waals surface area contributed by atoms with Crippen LogP contribution in [0.5, 0.6) is 0 Å². The summed E-state index contributed by atoms with van der Waals surface area (Å²) in [6.45, 7) is 5.60. The summed E-state index contributed by atoms with van der Waals surface area (Å²) in [5.74, 6) is 0. The number of benzene rings is 2. The Balaban J connectivity index is 1.53. The number of pyridine rings is 2. The van der Waals surface area contributed by atoms with Gasteiger partial charge in [0.1, 0.15) is 5.60 Å². The number of carbonyl (C=O) groups excluding carboxylic acids is 1. The summed E-state index contributed by atoms with van der Waals surface area (Å²) in [7, 11) is 0. The highest BCUT2D eigenvalue weighted by atomic mass is 16.6. The summed E-state index contributed by atoms with van der Waals surface area (Å²) >= 11 is 0. The van der Waals surface area contributed by atoms with Gasteiger partial charge >= 0.3 is 6.09 Å². The highest BCUT2D eigenvalue weighted by Crippen LogP contribution is 2.42. The van der Waals surface area contributed by atoms with Gasteiger partial charge in [-0.15, -0.1) is 0 Å². The Morgan fingerprint density at radius 1 is 0.971 bits per heavy atom. The Bertz CT molecular complexity index is 1430. The number of rotatable bonds is 4. The number of hydrogen-bond acceptors (Lipinski definition) is 4. The van der Waals surface area contributed by atoms with E-state index in [1.54, 1.807) is 6.07 Å². The average molecular weight is 468 g/mol. The van der Waals surface area contributed by atoms with Crippen LogP contribution < -0.4 is 10.9 Å². The summed E-state index contributed by atoms with van der Waals surface area (Å²) < 4.78 is 5.51. The minimum Gasteiger partial charge on any atom is -0.444 e. The van der Waals surface area contributed by atoms with Gasteiger partial charge in [-0.1, -0.05) is 54.6 Å². The van der Waals surface area contributed by atoms with E-state index in [1.807, 2.05) is 57.2 Å². The van der Waals surface area contributed by atoms with Crippen molar-refractivity contribution in [3.05, 3.63) is 88.7 Å². The minimum atomic E-state index is -0.543. The largest absolute Gasteiger partial charge is 0.444 e. The smallest absolute Gasteiger partial charge is 0.408 e. The number of ether oxygens (including phenoxy) is 1. The number of hydrogen-bond donors (Lipinski definition) is 2. The molecule has 2 aromatic heterocycles. The van der Waals surface area contributed by atoms with Crippen LogP contribution in [0.2, 0.25) is 0 Å². The number of carbonyl (C=O) groups is 1. The van der Waals surface area contributed by atoms with E-state index in [4.69, 9.17) is 9.72 Å². The van der Waals surface area contributed by atoms with Gasteiger partial charge in [0.15, 0.2) is 0 Å². The highest BCUT2D eigenvalue weighted by molar-refractivity contribution is 5.89. The number of fused-ring (bicyclic) bond motifs is 1. The normalized spacial score (nSPS) is 14.8. The molecule has 178 valence electrons. The monoisotopic (exact) mass is 467 g/mol. The maximum absolute atomic E-state index is 12.5.